The van der Waals surface area contributed by atoms with Crippen molar-refractivity contribution in [2.45, 2.75) is 58.2 Å². The highest BCUT2D eigenvalue weighted by atomic mass is 16.8. The standard InChI is InChI=1S/C17H26O6/c1-3-5-9-20-16(18)22-14-12-7-8-13(11-12)15(14)23-17(19)21-10-6-4-2/h7-8,12-15H,3-6,9-11H2,1-2H3. The van der Waals surface area contributed by atoms with Crippen LogP contribution in [-0.4, -0.2) is 37.7 Å². The summed E-state index contributed by atoms with van der Waals surface area (Å²) in [5.41, 5.74) is 0. The van der Waals surface area contributed by atoms with Crippen molar-refractivity contribution >= 4 is 12.3 Å². The molecule has 4 atom stereocenters. The van der Waals surface area contributed by atoms with Crippen LogP contribution in [0.15, 0.2) is 12.2 Å². The maximum Gasteiger partial charge on any atom is 0.508 e. The van der Waals surface area contributed by atoms with Crippen molar-refractivity contribution in [2.24, 2.45) is 11.8 Å². The molecule has 0 aromatic heterocycles. The summed E-state index contributed by atoms with van der Waals surface area (Å²) in [6.45, 7) is 4.72. The number of rotatable bonds is 8. The van der Waals surface area contributed by atoms with Gasteiger partial charge in [0.15, 0.2) is 0 Å². The molecule has 23 heavy (non-hydrogen) atoms. The molecule has 2 aliphatic rings. The van der Waals surface area contributed by atoms with Gasteiger partial charge in [0.05, 0.1) is 13.2 Å². The van der Waals surface area contributed by atoms with Crippen LogP contribution in [-0.2, 0) is 18.9 Å². The second-order valence-electron chi connectivity index (χ2n) is 6.02. The van der Waals surface area contributed by atoms with E-state index in [1.165, 1.54) is 0 Å². The van der Waals surface area contributed by atoms with Gasteiger partial charge >= 0.3 is 12.3 Å². The lowest BCUT2D eigenvalue weighted by Crippen LogP contribution is -2.38. The highest BCUT2D eigenvalue weighted by Gasteiger charge is 2.49. The van der Waals surface area contributed by atoms with Crippen molar-refractivity contribution in [3.8, 4) is 0 Å². The average molecular weight is 326 g/mol. The molecule has 0 amide bonds. The Labute approximate surface area is 137 Å². The lowest BCUT2D eigenvalue weighted by molar-refractivity contribution is -0.0595. The highest BCUT2D eigenvalue weighted by molar-refractivity contribution is 5.62. The number of carbonyl (C=O) groups excluding carboxylic acids is 2. The lowest BCUT2D eigenvalue weighted by Gasteiger charge is -2.26. The normalized spacial score (nSPS) is 27.7. The minimum absolute atomic E-state index is 0.0761. The van der Waals surface area contributed by atoms with E-state index in [-0.39, 0.29) is 11.8 Å². The van der Waals surface area contributed by atoms with Gasteiger partial charge in [0.1, 0.15) is 12.2 Å². The van der Waals surface area contributed by atoms with Crippen molar-refractivity contribution in [1.29, 1.82) is 0 Å². The van der Waals surface area contributed by atoms with Crippen molar-refractivity contribution in [1.82, 2.24) is 0 Å². The van der Waals surface area contributed by atoms with E-state index in [4.69, 9.17) is 18.9 Å². The van der Waals surface area contributed by atoms with Crippen LogP contribution in [0.3, 0.4) is 0 Å². The number of fused-ring (bicyclic) bond motifs is 2. The fourth-order valence-electron chi connectivity index (χ4n) is 2.93. The molecule has 0 saturated heterocycles. The van der Waals surface area contributed by atoms with Crippen molar-refractivity contribution < 1.29 is 28.5 Å². The zero-order valence-corrected chi connectivity index (χ0v) is 13.9. The van der Waals surface area contributed by atoms with Crippen LogP contribution in [0.1, 0.15) is 46.0 Å². The zero-order chi connectivity index (χ0) is 16.7. The lowest BCUT2D eigenvalue weighted by atomic mass is 10.0. The van der Waals surface area contributed by atoms with E-state index in [1.807, 2.05) is 26.0 Å². The predicted molar refractivity (Wildman–Crippen MR) is 83.0 cm³/mol. The predicted octanol–water partition coefficient (Wildman–Crippen LogP) is 3.84. The fraction of sp³-hybridized carbons (Fsp3) is 0.765. The number of ether oxygens (including phenoxy) is 4. The first-order chi connectivity index (χ1) is 11.2. The van der Waals surface area contributed by atoms with E-state index in [0.29, 0.717) is 13.2 Å². The summed E-state index contributed by atoms with van der Waals surface area (Å²) < 4.78 is 20.8. The molecule has 2 rings (SSSR count). The minimum atomic E-state index is -0.697. The Morgan fingerprint density at radius 2 is 1.30 bits per heavy atom. The Morgan fingerprint density at radius 3 is 1.70 bits per heavy atom. The third-order valence-electron chi connectivity index (χ3n) is 4.22. The molecular weight excluding hydrogens is 300 g/mol. The van der Waals surface area contributed by atoms with Crippen LogP contribution in [0.4, 0.5) is 9.59 Å². The molecule has 4 unspecified atom stereocenters. The molecule has 1 saturated carbocycles. The molecule has 0 aromatic carbocycles. The molecule has 0 heterocycles. The topological polar surface area (TPSA) is 71.1 Å². The summed E-state index contributed by atoms with van der Waals surface area (Å²) in [4.78, 5) is 23.5. The van der Waals surface area contributed by atoms with Crippen molar-refractivity contribution in [3.05, 3.63) is 12.2 Å². The van der Waals surface area contributed by atoms with Gasteiger partial charge in [-0.3, -0.25) is 0 Å². The van der Waals surface area contributed by atoms with E-state index < -0.39 is 24.5 Å². The summed E-state index contributed by atoms with van der Waals surface area (Å²) in [7, 11) is 0. The van der Waals surface area contributed by atoms with E-state index >= 15 is 0 Å². The van der Waals surface area contributed by atoms with Crippen molar-refractivity contribution in [2.75, 3.05) is 13.2 Å². The molecule has 2 aliphatic carbocycles. The van der Waals surface area contributed by atoms with Gasteiger partial charge in [-0.2, -0.15) is 0 Å². The Balaban J connectivity index is 1.83. The highest BCUT2D eigenvalue weighted by Crippen LogP contribution is 2.43. The number of unbranched alkanes of at least 4 members (excludes halogenated alkanes) is 2. The summed E-state index contributed by atoms with van der Waals surface area (Å²) in [6.07, 6.45) is 5.96. The molecule has 1 fully saturated rings. The summed E-state index contributed by atoms with van der Waals surface area (Å²) in [5, 5.41) is 0. The number of hydrogen-bond donors (Lipinski definition) is 0. The second-order valence-corrected chi connectivity index (χ2v) is 6.02. The molecule has 6 nitrogen and oxygen atoms in total. The smallest absolute Gasteiger partial charge is 0.434 e. The minimum Gasteiger partial charge on any atom is -0.434 e. The number of hydrogen-bond acceptors (Lipinski definition) is 6. The maximum atomic E-state index is 11.8. The number of carbonyl (C=O) groups is 2. The SMILES string of the molecule is CCCCOC(=O)OC1C2C=CC(C2)C1OC(=O)OCCCC. The van der Waals surface area contributed by atoms with Crippen LogP contribution in [0.5, 0.6) is 0 Å². The Morgan fingerprint density at radius 1 is 0.870 bits per heavy atom. The first-order valence-electron chi connectivity index (χ1n) is 8.50. The summed E-state index contributed by atoms with van der Waals surface area (Å²) in [5.74, 6) is 0.152. The molecule has 0 N–H and O–H groups in total. The van der Waals surface area contributed by atoms with Crippen LogP contribution in [0, 0.1) is 11.8 Å². The van der Waals surface area contributed by atoms with Crippen LogP contribution in [0.2, 0.25) is 0 Å². The average Bonchev–Trinajstić information content (AvgIpc) is 3.11. The monoisotopic (exact) mass is 326 g/mol. The van der Waals surface area contributed by atoms with E-state index in [9.17, 15) is 9.59 Å². The molecule has 2 bridgehead atoms. The van der Waals surface area contributed by atoms with Gasteiger partial charge in [-0.25, -0.2) is 9.59 Å². The first kappa shape index (κ1) is 17.6. The molecular formula is C17H26O6. The van der Waals surface area contributed by atoms with Gasteiger partial charge in [-0.15, -0.1) is 0 Å². The Hall–Kier alpha value is -1.72. The molecule has 0 aromatic rings. The van der Waals surface area contributed by atoms with Crippen LogP contribution < -0.4 is 0 Å². The molecule has 0 aliphatic heterocycles. The van der Waals surface area contributed by atoms with Gasteiger partial charge in [0.2, 0.25) is 0 Å². The van der Waals surface area contributed by atoms with Crippen molar-refractivity contribution in [3.63, 3.8) is 0 Å². The zero-order valence-electron chi connectivity index (χ0n) is 13.9. The van der Waals surface area contributed by atoms with Gasteiger partial charge < -0.3 is 18.9 Å². The molecule has 0 spiro atoms. The second kappa shape index (κ2) is 8.79. The fourth-order valence-corrected chi connectivity index (χ4v) is 2.93. The maximum absolute atomic E-state index is 11.8. The quantitative estimate of drug-likeness (QED) is 0.383. The van der Waals surface area contributed by atoms with Gasteiger partial charge in [-0.1, -0.05) is 38.8 Å². The van der Waals surface area contributed by atoms with E-state index in [2.05, 4.69) is 0 Å². The largest absolute Gasteiger partial charge is 0.508 e. The van der Waals surface area contributed by atoms with Gasteiger partial charge in [0.25, 0.3) is 0 Å². The third kappa shape index (κ3) is 4.88. The Kier molecular flexibility index (Phi) is 6.74. The summed E-state index contributed by atoms with van der Waals surface area (Å²) in [6, 6.07) is 0. The summed E-state index contributed by atoms with van der Waals surface area (Å²) >= 11 is 0. The Bertz CT molecular complexity index is 395. The first-order valence-corrected chi connectivity index (χ1v) is 8.50. The molecule has 0 radical (unpaired) electrons. The molecule has 130 valence electrons. The van der Waals surface area contributed by atoms with E-state index in [0.717, 1.165) is 32.1 Å². The van der Waals surface area contributed by atoms with Gasteiger partial charge in [0, 0.05) is 11.8 Å². The van der Waals surface area contributed by atoms with Gasteiger partial charge in [-0.05, 0) is 19.3 Å². The third-order valence-corrected chi connectivity index (χ3v) is 4.22. The molecule has 6 heteroatoms. The van der Waals surface area contributed by atoms with Crippen LogP contribution in [0.25, 0.3) is 0 Å². The van der Waals surface area contributed by atoms with E-state index in [1.54, 1.807) is 0 Å². The van der Waals surface area contributed by atoms with Crippen LogP contribution >= 0.6 is 0 Å².